The average molecular weight is 766 g/mol. The third-order valence-corrected chi connectivity index (χ3v) is 10.9. The number of benzene rings is 3. The van der Waals surface area contributed by atoms with Crippen molar-refractivity contribution in [3.63, 3.8) is 0 Å². The van der Waals surface area contributed by atoms with Gasteiger partial charge in [-0.1, -0.05) is 48.5 Å². The number of amides is 5. The fourth-order valence-corrected chi connectivity index (χ4v) is 7.48. The van der Waals surface area contributed by atoms with Gasteiger partial charge >= 0.3 is 6.09 Å². The molecular formula is C44H55N5O7. The Morgan fingerprint density at radius 2 is 1.71 bits per heavy atom. The molecule has 1 saturated carbocycles. The number of anilines is 1. The van der Waals surface area contributed by atoms with Crippen LogP contribution in [0.5, 0.6) is 5.75 Å². The Balaban J connectivity index is 1.24. The maximum atomic E-state index is 14.3. The molecule has 3 aromatic carbocycles. The van der Waals surface area contributed by atoms with Gasteiger partial charge in [0.1, 0.15) is 23.4 Å². The van der Waals surface area contributed by atoms with Crippen molar-refractivity contribution < 1.29 is 33.4 Å². The summed E-state index contributed by atoms with van der Waals surface area (Å²) in [6, 6.07) is 20.4. The van der Waals surface area contributed by atoms with Gasteiger partial charge in [-0.3, -0.25) is 24.5 Å². The van der Waals surface area contributed by atoms with Crippen molar-refractivity contribution in [2.24, 2.45) is 5.92 Å². The van der Waals surface area contributed by atoms with Gasteiger partial charge in [0.25, 0.3) is 0 Å². The van der Waals surface area contributed by atoms with Gasteiger partial charge in [-0.25, -0.2) is 4.79 Å². The molecule has 4 N–H and O–H groups in total. The van der Waals surface area contributed by atoms with Crippen molar-refractivity contribution in [1.82, 2.24) is 20.9 Å². The van der Waals surface area contributed by atoms with E-state index >= 15 is 0 Å². The van der Waals surface area contributed by atoms with Gasteiger partial charge in [0.15, 0.2) is 0 Å². The predicted octanol–water partition coefficient (Wildman–Crippen LogP) is 5.70. The molecule has 298 valence electrons. The van der Waals surface area contributed by atoms with Gasteiger partial charge < -0.3 is 30.3 Å². The molecule has 4 bridgehead atoms. The summed E-state index contributed by atoms with van der Waals surface area (Å²) in [5, 5.41) is 11.6. The van der Waals surface area contributed by atoms with Crippen molar-refractivity contribution in [3.05, 3.63) is 95.1 Å². The second-order valence-electron chi connectivity index (χ2n) is 16.4. The molecule has 1 unspecified atom stereocenters. The molecule has 3 aromatic rings. The van der Waals surface area contributed by atoms with Crippen molar-refractivity contribution in [2.45, 2.75) is 109 Å². The van der Waals surface area contributed by atoms with Crippen LogP contribution in [0.1, 0.15) is 88.0 Å². The zero-order valence-corrected chi connectivity index (χ0v) is 33.0. The molecule has 3 atom stereocenters. The van der Waals surface area contributed by atoms with Crippen LogP contribution in [-0.2, 0) is 42.3 Å². The Morgan fingerprint density at radius 1 is 0.964 bits per heavy atom. The second kappa shape index (κ2) is 17.6. The zero-order chi connectivity index (χ0) is 39.9. The Hall–Kier alpha value is -5.39. The summed E-state index contributed by atoms with van der Waals surface area (Å²) < 4.78 is 11.5. The molecule has 2 heterocycles. The minimum absolute atomic E-state index is 0.229. The van der Waals surface area contributed by atoms with E-state index in [9.17, 15) is 24.0 Å². The van der Waals surface area contributed by atoms with E-state index in [4.69, 9.17) is 9.47 Å². The van der Waals surface area contributed by atoms with Gasteiger partial charge in [-0.15, -0.1) is 0 Å². The Bertz CT molecular complexity index is 1890. The Labute approximate surface area is 329 Å². The van der Waals surface area contributed by atoms with E-state index in [2.05, 4.69) is 21.3 Å². The molecule has 2 aliphatic heterocycles. The standard InChI is InChI=1S/C44H55N5O7/c1-29-12-18-35-25-32(29)27-45-39(51)36(19-13-30-9-6-5-7-10-30)47-40(52)37(26-38(50)49-23-8-11-31(28-49)20-24-55-35)48-41(53)44(21-22-44)33-14-16-34(17-15-33)46-42(54)56-43(2,3)4/h5-7,9-10,12,14-18,25,31,36-37H,8,11,13,19-24,26-28H2,1-4H3,(H,45,51)(H,46,54)(H,47,52)(H,48,53)/t31?,36-,37-/m0/s1. The van der Waals surface area contributed by atoms with E-state index in [0.717, 1.165) is 47.3 Å². The van der Waals surface area contributed by atoms with Gasteiger partial charge in [-0.2, -0.15) is 0 Å². The SMILES string of the molecule is Cc1ccc2cc1CNC(=O)[C@H](CCc1ccccc1)NC(=O)[C@@H](NC(=O)C1(c3ccc(NC(=O)OC(C)(C)C)cc3)CC1)CC(=O)N1CCCC(CCO2)C1. The highest BCUT2D eigenvalue weighted by Gasteiger charge is 2.52. The van der Waals surface area contributed by atoms with Crippen LogP contribution in [0.2, 0.25) is 0 Å². The number of rotatable bonds is 7. The summed E-state index contributed by atoms with van der Waals surface area (Å²) >= 11 is 0. The summed E-state index contributed by atoms with van der Waals surface area (Å²) in [4.78, 5) is 70.4. The van der Waals surface area contributed by atoms with Crippen LogP contribution in [0.25, 0.3) is 0 Å². The van der Waals surface area contributed by atoms with Crippen LogP contribution in [0, 0.1) is 12.8 Å². The lowest BCUT2D eigenvalue weighted by Crippen LogP contribution is -2.56. The number of carbonyl (C=O) groups excluding carboxylic acids is 5. The lowest BCUT2D eigenvalue weighted by Gasteiger charge is -2.34. The number of piperidine rings is 1. The molecule has 2 fully saturated rings. The predicted molar refractivity (Wildman–Crippen MR) is 213 cm³/mol. The summed E-state index contributed by atoms with van der Waals surface area (Å²) in [5.74, 6) is -0.589. The summed E-state index contributed by atoms with van der Waals surface area (Å²) in [5.41, 5.74) is 2.63. The van der Waals surface area contributed by atoms with Crippen molar-refractivity contribution >= 4 is 35.4 Å². The minimum Gasteiger partial charge on any atom is -0.494 e. The first kappa shape index (κ1) is 40.3. The molecular weight excluding hydrogens is 711 g/mol. The van der Waals surface area contributed by atoms with Gasteiger partial charge in [0.05, 0.1) is 18.4 Å². The van der Waals surface area contributed by atoms with Crippen LogP contribution in [0.3, 0.4) is 0 Å². The molecule has 1 aliphatic carbocycles. The summed E-state index contributed by atoms with van der Waals surface area (Å²) in [6.45, 7) is 9.17. The van der Waals surface area contributed by atoms with Crippen molar-refractivity contribution in [2.75, 3.05) is 25.0 Å². The lowest BCUT2D eigenvalue weighted by atomic mass is 9.93. The molecule has 12 nitrogen and oxygen atoms in total. The number of hydrogen-bond acceptors (Lipinski definition) is 7. The molecule has 0 spiro atoms. The van der Waals surface area contributed by atoms with E-state index < -0.39 is 35.1 Å². The molecule has 6 rings (SSSR count). The van der Waals surface area contributed by atoms with Crippen LogP contribution in [0.4, 0.5) is 10.5 Å². The molecule has 56 heavy (non-hydrogen) atoms. The number of ether oxygens (including phenoxy) is 2. The molecule has 12 heteroatoms. The highest BCUT2D eigenvalue weighted by molar-refractivity contribution is 5.98. The maximum absolute atomic E-state index is 14.3. The second-order valence-corrected chi connectivity index (χ2v) is 16.4. The van der Waals surface area contributed by atoms with Crippen LogP contribution in [-0.4, -0.2) is 72.0 Å². The topological polar surface area (TPSA) is 155 Å². The first-order valence-corrected chi connectivity index (χ1v) is 19.8. The van der Waals surface area contributed by atoms with Crippen LogP contribution in [0.15, 0.2) is 72.8 Å². The van der Waals surface area contributed by atoms with E-state index in [1.54, 1.807) is 49.9 Å². The maximum Gasteiger partial charge on any atom is 0.412 e. The normalized spacial score (nSPS) is 21.6. The Morgan fingerprint density at radius 3 is 2.43 bits per heavy atom. The molecule has 1 saturated heterocycles. The number of nitrogens with zero attached hydrogens (tertiary/aromatic N) is 1. The number of hydrogen-bond donors (Lipinski definition) is 4. The summed E-state index contributed by atoms with van der Waals surface area (Å²) in [6.07, 6.45) is 3.67. The van der Waals surface area contributed by atoms with Gasteiger partial charge in [0.2, 0.25) is 23.6 Å². The number of fused-ring (bicyclic) bond motifs is 4. The van der Waals surface area contributed by atoms with E-state index in [1.165, 1.54) is 0 Å². The number of nitrogens with one attached hydrogen (secondary N) is 4. The van der Waals surface area contributed by atoms with Crippen LogP contribution >= 0.6 is 0 Å². The van der Waals surface area contributed by atoms with E-state index in [-0.39, 0.29) is 36.6 Å². The van der Waals surface area contributed by atoms with Gasteiger partial charge in [-0.05, 0) is 125 Å². The molecule has 0 radical (unpaired) electrons. The fraction of sp³-hybridized carbons (Fsp3) is 0.477. The average Bonchev–Trinajstić information content (AvgIpc) is 3.98. The zero-order valence-electron chi connectivity index (χ0n) is 33.0. The number of aryl methyl sites for hydroxylation is 2. The third kappa shape index (κ3) is 10.7. The Kier molecular flexibility index (Phi) is 12.7. The molecule has 3 aliphatic rings. The van der Waals surface area contributed by atoms with Crippen molar-refractivity contribution in [3.8, 4) is 5.75 Å². The monoisotopic (exact) mass is 765 g/mol. The largest absolute Gasteiger partial charge is 0.494 e. The fourth-order valence-electron chi connectivity index (χ4n) is 7.48. The van der Waals surface area contributed by atoms with Gasteiger partial charge in [0, 0.05) is 25.3 Å². The third-order valence-electron chi connectivity index (χ3n) is 10.9. The first-order valence-electron chi connectivity index (χ1n) is 19.8. The van der Waals surface area contributed by atoms with E-state index in [1.807, 2.05) is 55.5 Å². The smallest absolute Gasteiger partial charge is 0.412 e. The number of carbonyl (C=O) groups is 5. The lowest BCUT2D eigenvalue weighted by molar-refractivity contribution is -0.138. The van der Waals surface area contributed by atoms with Crippen LogP contribution < -0.4 is 26.0 Å². The quantitative estimate of drug-likeness (QED) is 0.241. The molecule has 5 amide bonds. The highest BCUT2D eigenvalue weighted by atomic mass is 16.6. The molecule has 0 aromatic heterocycles. The minimum atomic E-state index is -1.21. The van der Waals surface area contributed by atoms with E-state index in [0.29, 0.717) is 51.1 Å². The first-order chi connectivity index (χ1) is 26.8. The van der Waals surface area contributed by atoms with Crippen molar-refractivity contribution in [1.29, 1.82) is 0 Å². The highest BCUT2D eigenvalue weighted by Crippen LogP contribution is 2.48. The summed E-state index contributed by atoms with van der Waals surface area (Å²) in [7, 11) is 0.